The van der Waals surface area contributed by atoms with Gasteiger partial charge in [-0.15, -0.1) is 0 Å². The normalized spacial score (nSPS) is 40.8. The Hall–Kier alpha value is -0.610. The molecule has 0 aromatic rings. The fraction of sp³-hybridized carbons (Fsp3) is 0.933. The molecule has 1 amide bonds. The number of rotatable bonds is 4. The van der Waals surface area contributed by atoms with E-state index in [1.807, 2.05) is 20.8 Å². The molecule has 2 aliphatic rings. The summed E-state index contributed by atoms with van der Waals surface area (Å²) in [6.45, 7) is 8.93. The van der Waals surface area contributed by atoms with E-state index in [-0.39, 0.29) is 17.4 Å². The van der Waals surface area contributed by atoms with E-state index < -0.39 is 5.54 Å². The molecule has 0 aliphatic heterocycles. The molecule has 4 heteroatoms. The van der Waals surface area contributed by atoms with Crippen molar-refractivity contribution in [2.24, 2.45) is 17.1 Å². The molecule has 2 fully saturated rings. The summed E-state index contributed by atoms with van der Waals surface area (Å²) in [6.07, 6.45) is 4.20. The summed E-state index contributed by atoms with van der Waals surface area (Å²) < 4.78 is 5.67. The molecule has 2 rings (SSSR count). The van der Waals surface area contributed by atoms with Crippen molar-refractivity contribution < 1.29 is 9.53 Å². The highest BCUT2D eigenvalue weighted by Crippen LogP contribution is 2.50. The lowest BCUT2D eigenvalue weighted by atomic mass is 9.54. The third-order valence-corrected chi connectivity index (χ3v) is 5.41. The summed E-state index contributed by atoms with van der Waals surface area (Å²) in [5.74, 6) is 0.575. The zero-order valence-corrected chi connectivity index (χ0v) is 12.7. The SMILES string of the molecule is CCOC1CC(N)(C(=O)NC2CCCC2C)C1(C)C. The average Bonchev–Trinajstić information content (AvgIpc) is 2.74. The Morgan fingerprint density at radius 3 is 2.58 bits per heavy atom. The van der Waals surface area contributed by atoms with E-state index in [9.17, 15) is 4.79 Å². The van der Waals surface area contributed by atoms with Crippen LogP contribution in [-0.2, 0) is 9.53 Å². The third-order valence-electron chi connectivity index (χ3n) is 5.41. The van der Waals surface area contributed by atoms with Crippen LogP contribution in [-0.4, -0.2) is 30.2 Å². The van der Waals surface area contributed by atoms with Gasteiger partial charge < -0.3 is 15.8 Å². The molecule has 0 spiro atoms. The van der Waals surface area contributed by atoms with E-state index in [2.05, 4.69) is 12.2 Å². The number of ether oxygens (including phenoxy) is 1. The Balaban J connectivity index is 1.99. The summed E-state index contributed by atoms with van der Waals surface area (Å²) in [5.41, 5.74) is 5.30. The van der Waals surface area contributed by atoms with Crippen LogP contribution >= 0.6 is 0 Å². The highest BCUT2D eigenvalue weighted by Gasteiger charge is 2.63. The molecule has 110 valence electrons. The van der Waals surface area contributed by atoms with Gasteiger partial charge in [-0.1, -0.05) is 27.2 Å². The van der Waals surface area contributed by atoms with Crippen LogP contribution in [0.25, 0.3) is 0 Å². The molecule has 2 aliphatic carbocycles. The largest absolute Gasteiger partial charge is 0.378 e. The van der Waals surface area contributed by atoms with Gasteiger partial charge in [0.2, 0.25) is 5.91 Å². The Bertz CT molecular complexity index is 356. The van der Waals surface area contributed by atoms with Crippen LogP contribution in [0.15, 0.2) is 0 Å². The van der Waals surface area contributed by atoms with Crippen molar-refractivity contribution in [2.75, 3.05) is 6.61 Å². The summed E-state index contributed by atoms with van der Waals surface area (Å²) in [4.78, 5) is 12.5. The van der Waals surface area contributed by atoms with Crippen LogP contribution < -0.4 is 11.1 Å². The fourth-order valence-corrected chi connectivity index (χ4v) is 3.48. The van der Waals surface area contributed by atoms with Crippen LogP contribution in [0.5, 0.6) is 0 Å². The average molecular weight is 268 g/mol. The maximum absolute atomic E-state index is 12.5. The van der Waals surface area contributed by atoms with Crippen LogP contribution in [0, 0.1) is 11.3 Å². The van der Waals surface area contributed by atoms with Crippen molar-refractivity contribution in [3.8, 4) is 0 Å². The molecular weight excluding hydrogens is 240 g/mol. The van der Waals surface area contributed by atoms with Crippen molar-refractivity contribution in [1.29, 1.82) is 0 Å². The van der Waals surface area contributed by atoms with E-state index in [0.29, 0.717) is 25.0 Å². The smallest absolute Gasteiger partial charge is 0.241 e. The van der Waals surface area contributed by atoms with Gasteiger partial charge in [0.15, 0.2) is 0 Å². The molecule has 2 saturated carbocycles. The summed E-state index contributed by atoms with van der Waals surface area (Å²) in [6, 6.07) is 0.301. The first-order valence-electron chi connectivity index (χ1n) is 7.54. The van der Waals surface area contributed by atoms with Gasteiger partial charge in [-0.3, -0.25) is 4.79 Å². The minimum atomic E-state index is -0.783. The minimum Gasteiger partial charge on any atom is -0.378 e. The molecule has 0 aromatic heterocycles. The number of nitrogens with one attached hydrogen (secondary N) is 1. The van der Waals surface area contributed by atoms with Gasteiger partial charge >= 0.3 is 0 Å². The van der Waals surface area contributed by atoms with E-state index in [1.165, 1.54) is 12.8 Å². The number of hydrogen-bond donors (Lipinski definition) is 2. The maximum Gasteiger partial charge on any atom is 0.241 e. The summed E-state index contributed by atoms with van der Waals surface area (Å²) in [5, 5.41) is 3.17. The van der Waals surface area contributed by atoms with Gasteiger partial charge in [-0.2, -0.15) is 0 Å². The number of amides is 1. The predicted octanol–water partition coefficient (Wildman–Crippen LogP) is 1.82. The molecule has 3 N–H and O–H groups in total. The van der Waals surface area contributed by atoms with Crippen molar-refractivity contribution in [2.45, 2.75) is 71.1 Å². The van der Waals surface area contributed by atoms with Gasteiger partial charge in [0.1, 0.15) is 5.54 Å². The molecule has 4 nitrogen and oxygen atoms in total. The van der Waals surface area contributed by atoms with E-state index in [1.54, 1.807) is 0 Å². The number of nitrogens with two attached hydrogens (primary N) is 1. The first-order chi connectivity index (χ1) is 8.83. The number of hydrogen-bond acceptors (Lipinski definition) is 3. The summed E-state index contributed by atoms with van der Waals surface area (Å²) >= 11 is 0. The highest BCUT2D eigenvalue weighted by molar-refractivity contribution is 5.89. The van der Waals surface area contributed by atoms with Gasteiger partial charge in [-0.05, 0) is 25.7 Å². The van der Waals surface area contributed by atoms with Crippen molar-refractivity contribution in [1.82, 2.24) is 5.32 Å². The predicted molar refractivity (Wildman–Crippen MR) is 75.7 cm³/mol. The lowest BCUT2D eigenvalue weighted by Gasteiger charge is -2.57. The quantitative estimate of drug-likeness (QED) is 0.817. The molecular formula is C15H28N2O2. The zero-order valence-electron chi connectivity index (χ0n) is 12.7. The summed E-state index contributed by atoms with van der Waals surface area (Å²) in [7, 11) is 0. The Kier molecular flexibility index (Phi) is 3.94. The van der Waals surface area contributed by atoms with Gasteiger partial charge in [0.05, 0.1) is 6.10 Å². The monoisotopic (exact) mass is 268 g/mol. The third kappa shape index (κ3) is 2.29. The second-order valence-corrected chi connectivity index (χ2v) is 6.83. The molecule has 0 aromatic carbocycles. The van der Waals surface area contributed by atoms with E-state index in [4.69, 9.17) is 10.5 Å². The topological polar surface area (TPSA) is 64.3 Å². The molecule has 4 unspecified atom stereocenters. The van der Waals surface area contributed by atoms with Crippen LogP contribution in [0.1, 0.15) is 53.4 Å². The second kappa shape index (κ2) is 5.06. The maximum atomic E-state index is 12.5. The Labute approximate surface area is 116 Å². The van der Waals surface area contributed by atoms with Crippen LogP contribution in [0.4, 0.5) is 0 Å². The molecule has 4 atom stereocenters. The highest BCUT2D eigenvalue weighted by atomic mass is 16.5. The van der Waals surface area contributed by atoms with Crippen LogP contribution in [0.3, 0.4) is 0 Å². The van der Waals surface area contributed by atoms with Crippen molar-refractivity contribution >= 4 is 5.91 Å². The zero-order chi connectivity index (χ0) is 14.3. The van der Waals surface area contributed by atoms with Gasteiger partial charge in [0.25, 0.3) is 0 Å². The number of carbonyl (C=O) groups is 1. The molecule has 0 saturated heterocycles. The van der Waals surface area contributed by atoms with E-state index >= 15 is 0 Å². The van der Waals surface area contributed by atoms with Gasteiger partial charge in [0, 0.05) is 24.5 Å². The molecule has 0 radical (unpaired) electrons. The van der Waals surface area contributed by atoms with E-state index in [0.717, 1.165) is 6.42 Å². The number of carbonyl (C=O) groups excluding carboxylic acids is 1. The fourth-order valence-electron chi connectivity index (χ4n) is 3.48. The second-order valence-electron chi connectivity index (χ2n) is 6.83. The molecule has 19 heavy (non-hydrogen) atoms. The lowest BCUT2D eigenvalue weighted by Crippen LogP contribution is -2.76. The molecule has 0 bridgehead atoms. The Morgan fingerprint density at radius 2 is 2.11 bits per heavy atom. The van der Waals surface area contributed by atoms with Crippen LogP contribution in [0.2, 0.25) is 0 Å². The Morgan fingerprint density at radius 1 is 1.42 bits per heavy atom. The van der Waals surface area contributed by atoms with Crippen molar-refractivity contribution in [3.63, 3.8) is 0 Å². The van der Waals surface area contributed by atoms with Crippen molar-refractivity contribution in [3.05, 3.63) is 0 Å². The first kappa shape index (κ1) is 14.8. The lowest BCUT2D eigenvalue weighted by molar-refractivity contribution is -0.171. The van der Waals surface area contributed by atoms with Gasteiger partial charge in [-0.25, -0.2) is 0 Å². The minimum absolute atomic E-state index is 0.00667. The molecule has 0 heterocycles. The first-order valence-corrected chi connectivity index (χ1v) is 7.54. The standard InChI is InChI=1S/C15H28N2O2/c1-5-19-12-9-15(16,14(12,3)4)13(18)17-11-8-6-7-10(11)2/h10-12H,5-9,16H2,1-4H3,(H,17,18).